The Bertz CT molecular complexity index is 773. The van der Waals surface area contributed by atoms with Crippen molar-refractivity contribution >= 4 is 11.9 Å². The van der Waals surface area contributed by atoms with Crippen molar-refractivity contribution < 1.29 is 23.8 Å². The van der Waals surface area contributed by atoms with E-state index in [9.17, 15) is 9.59 Å². The smallest absolute Gasteiger partial charge is 0.305 e. The highest BCUT2D eigenvalue weighted by Crippen LogP contribution is 2.15. The number of ether oxygens (including phenoxy) is 3. The zero-order chi connectivity index (χ0) is 39.3. The molecule has 0 N–H and O–H groups in total. The summed E-state index contributed by atoms with van der Waals surface area (Å²) >= 11 is 0. The van der Waals surface area contributed by atoms with Gasteiger partial charge in [0.25, 0.3) is 0 Å². The Morgan fingerprint density at radius 2 is 0.667 bits per heavy atom. The Labute approximate surface area is 337 Å². The zero-order valence-electron chi connectivity index (χ0n) is 36.5. The molecule has 0 saturated heterocycles. The van der Waals surface area contributed by atoms with Crippen molar-refractivity contribution in [2.45, 2.75) is 258 Å². The molecule has 0 aliphatic heterocycles. The third kappa shape index (κ3) is 43.1. The van der Waals surface area contributed by atoms with Gasteiger partial charge >= 0.3 is 11.9 Å². The highest BCUT2D eigenvalue weighted by atomic mass is 16.6. The molecule has 0 heterocycles. The zero-order valence-corrected chi connectivity index (χ0v) is 36.5. The molecule has 0 unspecified atom stereocenters. The predicted molar refractivity (Wildman–Crippen MR) is 233 cm³/mol. The molecule has 0 aliphatic carbocycles. The van der Waals surface area contributed by atoms with Gasteiger partial charge in [0.2, 0.25) is 0 Å². The number of hydrogen-bond donors (Lipinski definition) is 0. The van der Waals surface area contributed by atoms with Crippen LogP contribution in [0, 0.1) is 0 Å². The van der Waals surface area contributed by atoms with Gasteiger partial charge in [-0.25, -0.2) is 0 Å². The van der Waals surface area contributed by atoms with Gasteiger partial charge in [-0.05, 0) is 57.8 Å². The van der Waals surface area contributed by atoms with E-state index in [-0.39, 0.29) is 25.2 Å². The molecule has 0 spiro atoms. The topological polar surface area (TPSA) is 61.8 Å². The van der Waals surface area contributed by atoms with E-state index < -0.39 is 6.10 Å². The van der Waals surface area contributed by atoms with Gasteiger partial charge in [-0.1, -0.05) is 206 Å². The van der Waals surface area contributed by atoms with Crippen LogP contribution in [0.1, 0.15) is 252 Å². The summed E-state index contributed by atoms with van der Waals surface area (Å²) in [7, 11) is 0. The first-order valence-corrected chi connectivity index (χ1v) is 23.9. The van der Waals surface area contributed by atoms with Crippen LogP contribution in [0.3, 0.4) is 0 Å². The average molecular weight is 761 g/mol. The van der Waals surface area contributed by atoms with E-state index in [1.165, 1.54) is 154 Å². The first-order chi connectivity index (χ1) is 26.6. The van der Waals surface area contributed by atoms with Crippen molar-refractivity contribution in [3.63, 3.8) is 0 Å². The van der Waals surface area contributed by atoms with E-state index in [0.717, 1.165) is 64.2 Å². The van der Waals surface area contributed by atoms with Gasteiger partial charge < -0.3 is 14.2 Å². The molecular weight excluding hydrogens is 669 g/mol. The fraction of sp³-hybridized carbons (Fsp3) is 0.878. The SMILES string of the molecule is CCCC/C=C\CCCCCCCC(=O)OCC(COC(=O)CCCCCCC/C=C\CCCC)OCCCCCCCCCCCCCCCCCC. The van der Waals surface area contributed by atoms with Crippen LogP contribution in [-0.4, -0.2) is 37.9 Å². The van der Waals surface area contributed by atoms with Gasteiger partial charge in [0.05, 0.1) is 0 Å². The summed E-state index contributed by atoms with van der Waals surface area (Å²) in [5.74, 6) is -0.347. The van der Waals surface area contributed by atoms with Crippen LogP contribution in [0.4, 0.5) is 0 Å². The van der Waals surface area contributed by atoms with E-state index >= 15 is 0 Å². The molecule has 0 bridgehead atoms. The normalized spacial score (nSPS) is 11.8. The molecule has 5 nitrogen and oxygen atoms in total. The third-order valence-electron chi connectivity index (χ3n) is 10.5. The Kier molecular flexibility index (Phi) is 44.4. The third-order valence-corrected chi connectivity index (χ3v) is 10.5. The molecule has 54 heavy (non-hydrogen) atoms. The highest BCUT2D eigenvalue weighted by molar-refractivity contribution is 5.69. The summed E-state index contributed by atoms with van der Waals surface area (Å²) in [5.41, 5.74) is 0. The molecule has 318 valence electrons. The second kappa shape index (κ2) is 45.8. The van der Waals surface area contributed by atoms with Gasteiger partial charge in [-0.2, -0.15) is 0 Å². The van der Waals surface area contributed by atoms with Gasteiger partial charge in [0.1, 0.15) is 19.3 Å². The van der Waals surface area contributed by atoms with Crippen LogP contribution in [0.15, 0.2) is 24.3 Å². The van der Waals surface area contributed by atoms with Crippen molar-refractivity contribution in [2.24, 2.45) is 0 Å². The molecule has 0 aliphatic rings. The van der Waals surface area contributed by atoms with Crippen LogP contribution in [0.5, 0.6) is 0 Å². The standard InChI is InChI=1S/C49H92O5/c1-4-7-10-13-16-19-22-23-24-25-26-29-32-35-38-41-44-52-47(45-53-48(50)42-39-36-33-30-27-20-17-14-11-8-5-2)46-54-49(51)43-40-37-34-31-28-21-18-15-12-9-6-3/h14-15,17-18,47H,4-13,16,19-46H2,1-3H3/b17-14-,18-15-. The Morgan fingerprint density at radius 3 is 1.04 bits per heavy atom. The first-order valence-electron chi connectivity index (χ1n) is 23.9. The number of carbonyl (C=O) groups excluding carboxylic acids is 2. The molecule has 0 fully saturated rings. The fourth-order valence-corrected chi connectivity index (χ4v) is 6.80. The predicted octanol–water partition coefficient (Wildman–Crippen LogP) is 15.7. The lowest BCUT2D eigenvalue weighted by Gasteiger charge is -2.18. The summed E-state index contributed by atoms with van der Waals surface area (Å²) in [6, 6.07) is 0. The summed E-state index contributed by atoms with van der Waals surface area (Å²) in [4.78, 5) is 25.0. The number of carbonyl (C=O) groups is 2. The molecule has 0 rings (SSSR count). The second-order valence-electron chi connectivity index (χ2n) is 16.0. The molecular formula is C49H92O5. The van der Waals surface area contributed by atoms with E-state index in [1.54, 1.807) is 0 Å². The number of rotatable bonds is 44. The van der Waals surface area contributed by atoms with Crippen LogP contribution in [-0.2, 0) is 23.8 Å². The van der Waals surface area contributed by atoms with Crippen LogP contribution in [0.2, 0.25) is 0 Å². The van der Waals surface area contributed by atoms with Crippen LogP contribution < -0.4 is 0 Å². The lowest BCUT2D eigenvalue weighted by molar-refractivity contribution is -0.155. The van der Waals surface area contributed by atoms with E-state index in [4.69, 9.17) is 14.2 Å². The lowest BCUT2D eigenvalue weighted by Crippen LogP contribution is -2.29. The molecule has 5 heteroatoms. The maximum atomic E-state index is 12.5. The lowest BCUT2D eigenvalue weighted by atomic mass is 10.0. The summed E-state index contributed by atoms with van der Waals surface area (Å²) in [5, 5.41) is 0. The van der Waals surface area contributed by atoms with Crippen LogP contribution >= 0.6 is 0 Å². The van der Waals surface area contributed by atoms with Crippen molar-refractivity contribution in [1.29, 1.82) is 0 Å². The molecule has 0 aromatic carbocycles. The van der Waals surface area contributed by atoms with Gasteiger partial charge in [-0.3, -0.25) is 9.59 Å². The molecule has 0 saturated carbocycles. The number of esters is 2. The van der Waals surface area contributed by atoms with Gasteiger partial charge in [-0.15, -0.1) is 0 Å². The number of hydrogen-bond acceptors (Lipinski definition) is 5. The largest absolute Gasteiger partial charge is 0.463 e. The number of unbranched alkanes of at least 4 members (excludes halogenated alkanes) is 29. The van der Waals surface area contributed by atoms with Crippen molar-refractivity contribution in [3.05, 3.63) is 24.3 Å². The fourth-order valence-electron chi connectivity index (χ4n) is 6.80. The quantitative estimate of drug-likeness (QED) is 0.0352. The van der Waals surface area contributed by atoms with E-state index in [1.807, 2.05) is 0 Å². The van der Waals surface area contributed by atoms with Crippen molar-refractivity contribution in [1.82, 2.24) is 0 Å². The minimum Gasteiger partial charge on any atom is -0.463 e. The minimum atomic E-state index is -0.398. The average Bonchev–Trinajstić information content (AvgIpc) is 3.17. The van der Waals surface area contributed by atoms with E-state index in [0.29, 0.717) is 19.4 Å². The Morgan fingerprint density at radius 1 is 0.370 bits per heavy atom. The summed E-state index contributed by atoms with van der Waals surface area (Å²) in [6.07, 6.45) is 52.0. The molecule has 0 aromatic rings. The Hall–Kier alpha value is -1.62. The van der Waals surface area contributed by atoms with Crippen molar-refractivity contribution in [3.8, 4) is 0 Å². The van der Waals surface area contributed by atoms with Gasteiger partial charge in [0, 0.05) is 19.4 Å². The first kappa shape index (κ1) is 52.4. The second-order valence-corrected chi connectivity index (χ2v) is 16.0. The number of allylic oxidation sites excluding steroid dienone is 4. The minimum absolute atomic E-state index is 0.155. The maximum Gasteiger partial charge on any atom is 0.305 e. The van der Waals surface area contributed by atoms with Crippen molar-refractivity contribution in [2.75, 3.05) is 19.8 Å². The summed E-state index contributed by atoms with van der Waals surface area (Å²) < 4.78 is 17.3. The van der Waals surface area contributed by atoms with E-state index in [2.05, 4.69) is 45.1 Å². The molecule has 0 aromatic heterocycles. The highest BCUT2D eigenvalue weighted by Gasteiger charge is 2.16. The van der Waals surface area contributed by atoms with Gasteiger partial charge in [0.15, 0.2) is 0 Å². The maximum absolute atomic E-state index is 12.5. The monoisotopic (exact) mass is 761 g/mol. The molecule has 0 atom stereocenters. The Balaban J connectivity index is 4.21. The molecule has 0 radical (unpaired) electrons. The summed E-state index contributed by atoms with van der Waals surface area (Å²) in [6.45, 7) is 7.67. The van der Waals surface area contributed by atoms with Crippen LogP contribution in [0.25, 0.3) is 0 Å². The molecule has 0 amide bonds.